The first-order valence-corrected chi connectivity index (χ1v) is 19.5. The highest BCUT2D eigenvalue weighted by molar-refractivity contribution is 6.38. The molecule has 1 saturated heterocycles. The van der Waals surface area contributed by atoms with Crippen molar-refractivity contribution in [3.63, 3.8) is 0 Å². The van der Waals surface area contributed by atoms with Gasteiger partial charge in [0.05, 0.1) is 30.8 Å². The number of ketones is 1. The molecule has 6 amide bonds. The van der Waals surface area contributed by atoms with E-state index in [1.165, 1.54) is 4.90 Å². The lowest BCUT2D eigenvalue weighted by atomic mass is 9.83. The molecule has 2 aliphatic rings. The number of aliphatic hydroxyl groups is 1. The molecule has 310 valence electrons. The fourth-order valence-corrected chi connectivity index (χ4v) is 6.32. The smallest absolute Gasteiger partial charge is 0.407 e. The van der Waals surface area contributed by atoms with E-state index in [4.69, 9.17) is 26.2 Å². The van der Waals surface area contributed by atoms with Crippen LogP contribution in [0.25, 0.3) is 0 Å². The first-order valence-electron chi connectivity index (χ1n) is 19.1. The van der Waals surface area contributed by atoms with E-state index in [-0.39, 0.29) is 43.2 Å². The third-order valence-electron chi connectivity index (χ3n) is 8.62. The van der Waals surface area contributed by atoms with Gasteiger partial charge in [-0.3, -0.25) is 28.8 Å². The van der Waals surface area contributed by atoms with Crippen molar-refractivity contribution in [2.24, 2.45) is 17.6 Å². The molecule has 1 heterocycles. The average Bonchev–Trinajstić information content (AvgIpc) is 3.62. The monoisotopic (exact) mass is 794 g/mol. The van der Waals surface area contributed by atoms with Crippen LogP contribution in [0.4, 0.5) is 4.79 Å². The van der Waals surface area contributed by atoms with E-state index >= 15 is 0 Å². The van der Waals surface area contributed by atoms with E-state index in [0.717, 1.165) is 37.7 Å². The summed E-state index contributed by atoms with van der Waals surface area (Å²) in [5.74, 6) is -3.17. The van der Waals surface area contributed by atoms with E-state index in [0.29, 0.717) is 30.8 Å². The van der Waals surface area contributed by atoms with Gasteiger partial charge in [-0.15, -0.1) is 0 Å². The zero-order valence-corrected chi connectivity index (χ0v) is 34.2. The van der Waals surface area contributed by atoms with Gasteiger partial charge in [0.25, 0.3) is 5.91 Å². The fraction of sp³-hybridized carbons (Fsp3) is 0.667. The number of alkyl carbamates (subject to hydrolysis) is 1. The Bertz CT molecular complexity index is 1410. The molecule has 7 N–H and O–H groups in total. The Morgan fingerprint density at radius 2 is 1.62 bits per heavy atom. The number of nitrogens with two attached hydrogens (primary N) is 1. The number of carbonyl (C=O) groups excluding carboxylic acids is 7. The van der Waals surface area contributed by atoms with Crippen LogP contribution in [0, 0.1) is 11.8 Å². The van der Waals surface area contributed by atoms with E-state index in [1.54, 1.807) is 45.9 Å². The van der Waals surface area contributed by atoms with Gasteiger partial charge in [-0.2, -0.15) is 0 Å². The molecule has 4 unspecified atom stereocenters. The highest BCUT2D eigenvalue weighted by Crippen LogP contribution is 2.29. The molecular formula is C39H63ClN6O9. The van der Waals surface area contributed by atoms with E-state index in [9.17, 15) is 28.8 Å². The van der Waals surface area contributed by atoms with Crippen LogP contribution in [0.5, 0.6) is 0 Å². The van der Waals surface area contributed by atoms with Crippen molar-refractivity contribution in [3.8, 4) is 0 Å². The van der Waals surface area contributed by atoms with E-state index in [2.05, 4.69) is 27.0 Å². The Morgan fingerprint density at radius 1 is 1.00 bits per heavy atom. The summed E-state index contributed by atoms with van der Waals surface area (Å²) in [5, 5.41) is 19.6. The number of nitrogens with zero attached hydrogens (tertiary/aromatic N) is 1. The molecule has 1 aliphatic heterocycles. The molecule has 15 nitrogen and oxygen atoms in total. The predicted octanol–water partition coefficient (Wildman–Crippen LogP) is 3.69. The molecule has 1 aromatic rings. The molecule has 0 bridgehead atoms. The Balaban J connectivity index is 0.00000172. The molecule has 16 heteroatoms. The van der Waals surface area contributed by atoms with Crippen LogP contribution in [0.15, 0.2) is 24.3 Å². The molecule has 0 radical (unpaired) electrons. The zero-order chi connectivity index (χ0) is 41.7. The summed E-state index contributed by atoms with van der Waals surface area (Å²) < 4.78 is 5.31. The number of hydrogen-bond acceptors (Lipinski definition) is 9. The van der Waals surface area contributed by atoms with Crippen LogP contribution in [0.2, 0.25) is 5.02 Å². The summed E-state index contributed by atoms with van der Waals surface area (Å²) in [4.78, 5) is 88.5. The summed E-state index contributed by atoms with van der Waals surface area (Å²) in [6, 6.07) is 3.84. The minimum atomic E-state index is -1.13. The largest absolute Gasteiger partial charge is 0.449 e. The van der Waals surface area contributed by atoms with Crippen LogP contribution < -0.4 is 27.0 Å². The second kappa shape index (κ2) is 25.0. The van der Waals surface area contributed by atoms with Gasteiger partial charge < -0.3 is 41.7 Å². The number of nitrogens with one attached hydrogen (secondary N) is 4. The lowest BCUT2D eigenvalue weighted by Gasteiger charge is -2.34. The number of halogens is 1. The summed E-state index contributed by atoms with van der Waals surface area (Å²) in [6.45, 7) is 12.8. The number of rotatable bonds is 15. The van der Waals surface area contributed by atoms with Crippen molar-refractivity contribution in [3.05, 3.63) is 34.9 Å². The van der Waals surface area contributed by atoms with Gasteiger partial charge in [-0.25, -0.2) is 4.79 Å². The van der Waals surface area contributed by atoms with Gasteiger partial charge in [0, 0.05) is 11.6 Å². The Hall–Kier alpha value is -4.24. The van der Waals surface area contributed by atoms with Crippen molar-refractivity contribution < 1.29 is 43.4 Å². The summed E-state index contributed by atoms with van der Waals surface area (Å²) >= 11 is 6.03. The first-order chi connectivity index (χ1) is 25.8. The molecule has 3 rings (SSSR count). The van der Waals surface area contributed by atoms with Gasteiger partial charge in [0.1, 0.15) is 12.1 Å². The van der Waals surface area contributed by atoms with E-state index in [1.807, 2.05) is 26.8 Å². The molecular weight excluding hydrogens is 732 g/mol. The normalized spacial score (nSPS) is 17.1. The number of ether oxygens (including phenoxy) is 1. The van der Waals surface area contributed by atoms with Crippen LogP contribution in [0.1, 0.15) is 118 Å². The molecule has 0 aromatic heterocycles. The van der Waals surface area contributed by atoms with Gasteiger partial charge in [0.15, 0.2) is 0 Å². The molecule has 0 spiro atoms. The number of hydrogen-bond donors (Lipinski definition) is 6. The van der Waals surface area contributed by atoms with Crippen LogP contribution in [0.3, 0.4) is 0 Å². The first kappa shape index (κ1) is 48.8. The maximum atomic E-state index is 13.9. The molecule has 1 saturated carbocycles. The minimum absolute atomic E-state index is 0.0732. The standard InChI is InChI=1S/C34H50ClN5O7.C4H10O.CH3NO/c1-5-11-26(30(42)32(44)36-19-28(41)37-22(4)24-14-9-15-25(35)18-24)38-31(43)27-16-10-17-40(27)33(45)29(23-12-7-6-8-13-23)39-34(46)47-20-21(2)3;1-4(2,3)5;2-1-3/h9,14-15,18,21-23,26-27,29H,5-8,10-13,16-17,19-20H2,1-4H3,(H,36,44)(H,37,41)(H,38,43)(H,39,46);5H,1-3H3;1H,(H2,2,3). The van der Waals surface area contributed by atoms with Gasteiger partial charge in [0.2, 0.25) is 29.9 Å². The van der Waals surface area contributed by atoms with E-state index < -0.39 is 59.9 Å². The zero-order valence-electron chi connectivity index (χ0n) is 33.5. The minimum Gasteiger partial charge on any atom is -0.449 e. The second-order valence-corrected chi connectivity index (χ2v) is 15.7. The average molecular weight is 795 g/mol. The van der Waals surface area contributed by atoms with Crippen molar-refractivity contribution in [2.45, 2.75) is 136 Å². The van der Waals surface area contributed by atoms with Gasteiger partial charge >= 0.3 is 6.09 Å². The fourth-order valence-electron chi connectivity index (χ4n) is 6.12. The summed E-state index contributed by atoms with van der Waals surface area (Å²) in [5.41, 5.74) is 4.45. The van der Waals surface area contributed by atoms with Crippen molar-refractivity contribution in [2.75, 3.05) is 19.7 Å². The lowest BCUT2D eigenvalue weighted by Crippen LogP contribution is -2.58. The topological polar surface area (TPSA) is 226 Å². The molecule has 1 aliphatic carbocycles. The molecule has 2 fully saturated rings. The van der Waals surface area contributed by atoms with Gasteiger partial charge in [-0.05, 0) is 89.3 Å². The predicted molar refractivity (Wildman–Crippen MR) is 210 cm³/mol. The number of benzene rings is 1. The van der Waals surface area contributed by atoms with Crippen molar-refractivity contribution in [1.29, 1.82) is 0 Å². The Kier molecular flexibility index (Phi) is 22.2. The summed E-state index contributed by atoms with van der Waals surface area (Å²) in [7, 11) is 0. The maximum absolute atomic E-state index is 13.9. The maximum Gasteiger partial charge on any atom is 0.407 e. The van der Waals surface area contributed by atoms with Crippen LogP contribution in [-0.4, -0.2) is 95.3 Å². The second-order valence-electron chi connectivity index (χ2n) is 15.2. The number of carbonyl (C=O) groups is 7. The molecule has 4 atom stereocenters. The quantitative estimate of drug-likeness (QED) is 0.112. The Morgan fingerprint density at radius 3 is 2.18 bits per heavy atom. The third-order valence-corrected chi connectivity index (χ3v) is 8.85. The van der Waals surface area contributed by atoms with Gasteiger partial charge in [-0.1, -0.05) is 70.2 Å². The third kappa shape index (κ3) is 19.3. The summed E-state index contributed by atoms with van der Waals surface area (Å²) in [6.07, 6.45) is 5.79. The number of Topliss-reactive ketones (excluding diaryl/α,β-unsaturated/α-hetero) is 1. The van der Waals surface area contributed by atoms with Crippen molar-refractivity contribution in [1.82, 2.24) is 26.2 Å². The molecule has 55 heavy (non-hydrogen) atoms. The van der Waals surface area contributed by atoms with Crippen LogP contribution >= 0.6 is 11.6 Å². The Labute approximate surface area is 330 Å². The highest BCUT2D eigenvalue weighted by atomic mass is 35.5. The number of primary amides is 1. The number of amides is 6. The number of likely N-dealkylation sites (tertiary alicyclic amines) is 1. The lowest BCUT2D eigenvalue weighted by molar-refractivity contribution is -0.143. The highest BCUT2D eigenvalue weighted by Gasteiger charge is 2.42. The van der Waals surface area contributed by atoms with Crippen molar-refractivity contribution >= 4 is 53.5 Å². The SMILES string of the molecule is CC(C)(C)O.CCCC(NC(=O)C1CCCN1C(=O)C(NC(=O)OCC(C)C)C1CCCCC1)C(=O)C(=O)NCC(=O)NC(C)c1cccc(Cl)c1.NC=O. The van der Waals surface area contributed by atoms with Crippen LogP contribution in [-0.2, 0) is 33.5 Å². The molecule has 1 aromatic carbocycles.